The largest absolute Gasteiger partial charge is 0.467 e. The van der Waals surface area contributed by atoms with Gasteiger partial charge in [-0.1, -0.05) is 18.2 Å². The van der Waals surface area contributed by atoms with Gasteiger partial charge in [0.15, 0.2) is 6.04 Å². The number of hydrogen-bond donors (Lipinski definition) is 3. The van der Waals surface area contributed by atoms with Crippen LogP contribution in [0, 0.1) is 0 Å². The van der Waals surface area contributed by atoms with E-state index < -0.39 is 30.1 Å². The van der Waals surface area contributed by atoms with Crippen LogP contribution in [-0.2, 0) is 9.53 Å². The minimum atomic E-state index is -1.18. The van der Waals surface area contributed by atoms with Gasteiger partial charge in [-0.2, -0.15) is 0 Å². The Balaban J connectivity index is 2.31. The fourth-order valence-corrected chi connectivity index (χ4v) is 1.89. The van der Waals surface area contributed by atoms with Gasteiger partial charge in [0.05, 0.1) is 13.7 Å². The van der Waals surface area contributed by atoms with Gasteiger partial charge >= 0.3 is 5.97 Å². The van der Waals surface area contributed by atoms with Gasteiger partial charge in [-0.25, -0.2) is 4.79 Å². The lowest BCUT2D eigenvalue weighted by Crippen LogP contribution is -2.44. The van der Waals surface area contributed by atoms with Crippen molar-refractivity contribution in [3.05, 3.63) is 46.4 Å². The molecule has 1 unspecified atom stereocenters. The number of amides is 1. The molecular weight excluding hydrogens is 276 g/mol. The number of hydrogen-bond acceptors (Lipinski definition) is 5. The molecule has 0 spiro atoms. The van der Waals surface area contributed by atoms with Crippen molar-refractivity contribution in [2.75, 3.05) is 13.7 Å². The van der Waals surface area contributed by atoms with E-state index in [4.69, 9.17) is 5.11 Å². The number of carbonyl (C=O) groups is 2. The number of methoxy groups -OCH3 is 1. The molecule has 0 radical (unpaired) electrons. The number of aliphatic hydroxyl groups excluding tert-OH is 1. The Hall–Kier alpha value is -2.67. The molecule has 0 saturated carbocycles. The smallest absolute Gasteiger partial charge is 0.330 e. The molecule has 1 aromatic heterocycles. The molecule has 1 amide bonds. The van der Waals surface area contributed by atoms with Gasteiger partial charge in [-0.15, -0.1) is 0 Å². The summed E-state index contributed by atoms with van der Waals surface area (Å²) in [5.74, 6) is -1.45. The Bertz CT molecular complexity index is 737. The van der Waals surface area contributed by atoms with Crippen LogP contribution < -0.4 is 10.9 Å². The van der Waals surface area contributed by atoms with Gasteiger partial charge in [0.1, 0.15) is 5.69 Å². The summed E-state index contributed by atoms with van der Waals surface area (Å²) >= 11 is 0. The maximum absolute atomic E-state index is 12.0. The molecule has 3 N–H and O–H groups in total. The standard InChI is InChI=1S/C14H14N2O5/c1-21-14(20)11(7-17)16-13(19)10-6-8-4-2-3-5-9(8)12(18)15-10/h2-6,11,17H,7H2,1H3,(H,15,18)(H,16,19). The summed E-state index contributed by atoms with van der Waals surface area (Å²) in [7, 11) is 1.15. The Kier molecular flexibility index (Phi) is 4.34. The number of benzene rings is 1. The zero-order chi connectivity index (χ0) is 15.4. The van der Waals surface area contributed by atoms with Crippen LogP contribution in [0.1, 0.15) is 10.5 Å². The van der Waals surface area contributed by atoms with E-state index in [0.717, 1.165) is 7.11 Å². The zero-order valence-corrected chi connectivity index (χ0v) is 11.3. The molecule has 1 atom stereocenters. The summed E-state index contributed by atoms with van der Waals surface area (Å²) in [6.07, 6.45) is 0. The third-order valence-corrected chi connectivity index (χ3v) is 2.97. The molecule has 7 nitrogen and oxygen atoms in total. The van der Waals surface area contributed by atoms with Crippen LogP contribution in [0.15, 0.2) is 35.1 Å². The van der Waals surface area contributed by atoms with E-state index in [-0.39, 0.29) is 5.69 Å². The molecule has 0 bridgehead atoms. The first-order valence-electron chi connectivity index (χ1n) is 6.18. The normalized spacial score (nSPS) is 11.9. The fraction of sp³-hybridized carbons (Fsp3) is 0.214. The van der Waals surface area contributed by atoms with Crippen LogP contribution in [0.3, 0.4) is 0 Å². The first-order chi connectivity index (χ1) is 10.1. The summed E-state index contributed by atoms with van der Waals surface area (Å²) in [5.41, 5.74) is -0.405. The predicted molar refractivity (Wildman–Crippen MR) is 74.9 cm³/mol. The summed E-state index contributed by atoms with van der Waals surface area (Å²) in [6.45, 7) is -0.601. The molecule has 1 heterocycles. The second-order valence-electron chi connectivity index (χ2n) is 4.33. The SMILES string of the molecule is COC(=O)C(CO)NC(=O)c1cc2ccccc2c(=O)[nH]1. The quantitative estimate of drug-likeness (QED) is 0.675. The third kappa shape index (κ3) is 3.09. The van der Waals surface area contributed by atoms with Gasteiger partial charge in [0, 0.05) is 5.39 Å². The highest BCUT2D eigenvalue weighted by atomic mass is 16.5. The highest BCUT2D eigenvalue weighted by molar-refractivity contribution is 5.98. The Morgan fingerprint density at radius 2 is 2.10 bits per heavy atom. The number of esters is 1. The third-order valence-electron chi connectivity index (χ3n) is 2.97. The number of aliphatic hydroxyl groups is 1. The number of fused-ring (bicyclic) bond motifs is 1. The molecular formula is C14H14N2O5. The number of carbonyl (C=O) groups excluding carboxylic acids is 2. The van der Waals surface area contributed by atoms with Crippen LogP contribution in [-0.4, -0.2) is 41.7 Å². The number of rotatable bonds is 4. The lowest BCUT2D eigenvalue weighted by molar-refractivity contribution is -0.143. The highest BCUT2D eigenvalue weighted by Crippen LogP contribution is 2.09. The minimum Gasteiger partial charge on any atom is -0.467 e. The zero-order valence-electron chi connectivity index (χ0n) is 11.3. The van der Waals surface area contributed by atoms with E-state index in [2.05, 4.69) is 15.0 Å². The fourth-order valence-electron chi connectivity index (χ4n) is 1.89. The maximum atomic E-state index is 12.0. The first kappa shape index (κ1) is 14.7. The van der Waals surface area contributed by atoms with Gasteiger partial charge in [-0.3, -0.25) is 9.59 Å². The van der Waals surface area contributed by atoms with Gasteiger partial charge in [0.2, 0.25) is 0 Å². The Morgan fingerprint density at radius 3 is 2.76 bits per heavy atom. The van der Waals surface area contributed by atoms with Crippen LogP contribution in [0.5, 0.6) is 0 Å². The van der Waals surface area contributed by atoms with Crippen molar-refractivity contribution in [2.45, 2.75) is 6.04 Å². The lowest BCUT2D eigenvalue weighted by atomic mass is 10.1. The predicted octanol–water partition coefficient (Wildman–Crippen LogP) is -0.208. The van der Waals surface area contributed by atoms with Gasteiger partial charge in [0.25, 0.3) is 11.5 Å². The number of pyridine rings is 1. The van der Waals surface area contributed by atoms with Crippen LogP contribution in [0.4, 0.5) is 0 Å². The number of ether oxygens (including phenoxy) is 1. The van der Waals surface area contributed by atoms with E-state index in [1.807, 2.05) is 0 Å². The van der Waals surface area contributed by atoms with E-state index in [9.17, 15) is 14.4 Å². The van der Waals surface area contributed by atoms with E-state index >= 15 is 0 Å². The Labute approximate surface area is 119 Å². The lowest BCUT2D eigenvalue weighted by Gasteiger charge is -2.13. The molecule has 0 saturated heterocycles. The van der Waals surface area contributed by atoms with E-state index in [1.54, 1.807) is 24.3 Å². The molecule has 21 heavy (non-hydrogen) atoms. The molecule has 0 fully saturated rings. The van der Waals surface area contributed by atoms with Crippen molar-refractivity contribution in [3.8, 4) is 0 Å². The van der Waals surface area contributed by atoms with E-state index in [0.29, 0.717) is 10.8 Å². The van der Waals surface area contributed by atoms with Crippen LogP contribution in [0.25, 0.3) is 10.8 Å². The van der Waals surface area contributed by atoms with Gasteiger partial charge < -0.3 is 20.1 Å². The van der Waals surface area contributed by atoms with Crippen molar-refractivity contribution >= 4 is 22.6 Å². The number of nitrogens with one attached hydrogen (secondary N) is 2. The monoisotopic (exact) mass is 290 g/mol. The van der Waals surface area contributed by atoms with Gasteiger partial charge in [-0.05, 0) is 17.5 Å². The molecule has 2 rings (SSSR count). The topological polar surface area (TPSA) is 108 Å². The summed E-state index contributed by atoms with van der Waals surface area (Å²) in [6, 6.07) is 7.12. The first-order valence-corrected chi connectivity index (χ1v) is 6.18. The van der Waals surface area contributed by atoms with Crippen molar-refractivity contribution in [3.63, 3.8) is 0 Å². The summed E-state index contributed by atoms with van der Waals surface area (Å²) in [4.78, 5) is 37.7. The molecule has 0 aliphatic rings. The number of aromatic nitrogens is 1. The van der Waals surface area contributed by atoms with Crippen molar-refractivity contribution in [1.82, 2.24) is 10.3 Å². The highest BCUT2D eigenvalue weighted by Gasteiger charge is 2.21. The van der Waals surface area contributed by atoms with Crippen molar-refractivity contribution < 1.29 is 19.4 Å². The molecule has 7 heteroatoms. The minimum absolute atomic E-state index is 0.000975. The maximum Gasteiger partial charge on any atom is 0.330 e. The Morgan fingerprint density at radius 1 is 1.38 bits per heavy atom. The molecule has 0 aliphatic carbocycles. The number of aromatic amines is 1. The van der Waals surface area contributed by atoms with Crippen LogP contribution in [0.2, 0.25) is 0 Å². The second-order valence-corrected chi connectivity index (χ2v) is 4.33. The van der Waals surface area contributed by atoms with E-state index in [1.165, 1.54) is 6.07 Å². The summed E-state index contributed by atoms with van der Waals surface area (Å²) in [5, 5.41) is 12.4. The van der Waals surface area contributed by atoms with Crippen molar-refractivity contribution in [2.24, 2.45) is 0 Å². The summed E-state index contributed by atoms with van der Waals surface area (Å²) < 4.78 is 4.45. The average Bonchev–Trinajstić information content (AvgIpc) is 2.51. The average molecular weight is 290 g/mol. The molecule has 0 aliphatic heterocycles. The molecule has 1 aromatic carbocycles. The number of H-pyrrole nitrogens is 1. The van der Waals surface area contributed by atoms with Crippen molar-refractivity contribution in [1.29, 1.82) is 0 Å². The molecule has 110 valence electrons. The molecule has 2 aromatic rings. The second kappa shape index (κ2) is 6.19. The van der Waals surface area contributed by atoms with Crippen LogP contribution >= 0.6 is 0 Å².